The van der Waals surface area contributed by atoms with E-state index in [4.69, 9.17) is 33.2 Å². The molecular weight excluding hydrogens is 681 g/mol. The van der Waals surface area contributed by atoms with Gasteiger partial charge in [-0.3, -0.25) is 0 Å². The summed E-state index contributed by atoms with van der Waals surface area (Å²) in [4.78, 5) is 23.3. The lowest BCUT2D eigenvalue weighted by atomic mass is 9.66. The first-order chi connectivity index (χ1) is 25.4. The van der Waals surface area contributed by atoms with Gasteiger partial charge in [0.05, 0.1) is 5.41 Å². The van der Waals surface area contributed by atoms with Crippen molar-refractivity contribution in [2.24, 2.45) is 15.9 Å². The second kappa shape index (κ2) is 12.8. The van der Waals surface area contributed by atoms with Gasteiger partial charge >= 0.3 is 0 Å². The molecular formula is C45H31Cl2N5. The topological polar surface area (TPSA) is 63.4 Å². The molecule has 6 aromatic rings. The molecule has 9 rings (SSSR count). The van der Waals surface area contributed by atoms with E-state index in [0.717, 1.165) is 22.4 Å². The smallest absolute Gasteiger partial charge is 0.223 e. The average molecular weight is 713 g/mol. The number of amidine groups is 1. The van der Waals surface area contributed by atoms with Gasteiger partial charge in [0.2, 0.25) is 10.6 Å². The summed E-state index contributed by atoms with van der Waals surface area (Å²) in [6.07, 6.45) is 5.16. The average Bonchev–Trinajstić information content (AvgIpc) is 3.65. The van der Waals surface area contributed by atoms with Crippen molar-refractivity contribution in [3.05, 3.63) is 190 Å². The number of hydrogen-bond acceptors (Lipinski definition) is 4. The monoisotopic (exact) mass is 711 g/mol. The van der Waals surface area contributed by atoms with E-state index in [1.807, 2.05) is 67.6 Å². The zero-order valence-electron chi connectivity index (χ0n) is 28.3. The molecule has 2 unspecified atom stereocenters. The number of nitrogens with zero attached hydrogens (tertiary/aromatic N) is 5. The molecule has 0 fully saturated rings. The normalized spacial score (nSPS) is 18.6. The maximum absolute atomic E-state index is 6.66. The number of rotatable bonds is 5. The van der Waals surface area contributed by atoms with Gasteiger partial charge < -0.3 is 0 Å². The van der Waals surface area contributed by atoms with Gasteiger partial charge in [0.1, 0.15) is 0 Å². The van der Waals surface area contributed by atoms with Crippen LogP contribution in [0, 0.1) is 5.92 Å². The quantitative estimate of drug-likeness (QED) is 0.102. The highest BCUT2D eigenvalue weighted by atomic mass is 35.5. The maximum Gasteiger partial charge on any atom is 0.226 e. The third-order valence-corrected chi connectivity index (χ3v) is 10.7. The van der Waals surface area contributed by atoms with Crippen molar-refractivity contribution >= 4 is 39.8 Å². The van der Waals surface area contributed by atoms with Gasteiger partial charge in [-0.25, -0.2) is 15.0 Å². The van der Waals surface area contributed by atoms with E-state index in [0.29, 0.717) is 23.8 Å². The minimum Gasteiger partial charge on any atom is -0.223 e. The standard InChI is InChI=1S/C45H31Cl2N5/c1-27(29-13-5-3-6-14-29)48-43(46)49-28(2)31-21-23-35-33-17-9-11-19-37(33)45(39(35)25-31)38-20-12-10-18-34(38)36-24-22-32(26-40(36)45)42-50-41(51-44(47)52-42)30-15-7-4-8-16-30/h3-24,26,31H,2,25H2,1H3. The molecule has 0 N–H and O–H groups in total. The number of aromatic nitrogens is 3. The Bertz CT molecular complexity index is 2550. The molecule has 3 aliphatic carbocycles. The van der Waals surface area contributed by atoms with Gasteiger partial charge in [0.25, 0.3) is 0 Å². The van der Waals surface area contributed by atoms with Gasteiger partial charge in [-0.15, -0.1) is 0 Å². The van der Waals surface area contributed by atoms with E-state index in [9.17, 15) is 0 Å². The molecule has 0 saturated carbocycles. The molecule has 52 heavy (non-hydrogen) atoms. The Hall–Kier alpha value is -5.75. The van der Waals surface area contributed by atoms with Crippen molar-refractivity contribution in [3.8, 4) is 33.9 Å². The molecule has 7 heteroatoms. The Morgan fingerprint density at radius 2 is 1.31 bits per heavy atom. The zero-order chi connectivity index (χ0) is 35.4. The second-order valence-electron chi connectivity index (χ2n) is 13.2. The molecule has 0 saturated heterocycles. The van der Waals surface area contributed by atoms with Crippen LogP contribution in [0.25, 0.3) is 39.5 Å². The number of fused-ring (bicyclic) bond motifs is 9. The van der Waals surface area contributed by atoms with Crippen molar-refractivity contribution in [2.75, 3.05) is 0 Å². The second-order valence-corrected chi connectivity index (χ2v) is 13.9. The van der Waals surface area contributed by atoms with E-state index in [1.54, 1.807) is 0 Å². The van der Waals surface area contributed by atoms with E-state index in [-0.39, 0.29) is 16.5 Å². The third kappa shape index (κ3) is 5.19. The Morgan fingerprint density at radius 1 is 0.692 bits per heavy atom. The Kier molecular flexibility index (Phi) is 7.91. The van der Waals surface area contributed by atoms with Crippen LogP contribution in [0.1, 0.15) is 41.2 Å². The number of aliphatic imine (C=N–C) groups is 2. The van der Waals surface area contributed by atoms with E-state index < -0.39 is 5.41 Å². The summed E-state index contributed by atoms with van der Waals surface area (Å²) in [5, 5.41) is 0.316. The minimum absolute atomic E-state index is 0.0823. The summed E-state index contributed by atoms with van der Waals surface area (Å²) in [6, 6.07) is 43.8. The van der Waals surface area contributed by atoms with E-state index in [2.05, 4.69) is 100 Å². The highest BCUT2D eigenvalue weighted by Gasteiger charge is 2.53. The number of halogens is 2. The molecule has 1 spiro atoms. The summed E-state index contributed by atoms with van der Waals surface area (Å²) in [5.41, 5.74) is 13.5. The molecule has 0 amide bonds. The fourth-order valence-electron chi connectivity index (χ4n) is 8.09. The summed E-state index contributed by atoms with van der Waals surface area (Å²) >= 11 is 13.2. The minimum atomic E-state index is -0.550. The lowest BCUT2D eigenvalue weighted by Gasteiger charge is -2.35. The van der Waals surface area contributed by atoms with Crippen molar-refractivity contribution < 1.29 is 0 Å². The molecule has 250 valence electrons. The molecule has 5 nitrogen and oxygen atoms in total. The van der Waals surface area contributed by atoms with E-state index in [1.165, 1.54) is 44.5 Å². The third-order valence-electron chi connectivity index (χ3n) is 10.4. The van der Waals surface area contributed by atoms with E-state index >= 15 is 0 Å². The molecule has 2 atom stereocenters. The predicted molar refractivity (Wildman–Crippen MR) is 213 cm³/mol. The van der Waals surface area contributed by atoms with Gasteiger partial charge in [-0.05, 0) is 92.7 Å². The van der Waals surface area contributed by atoms with Crippen molar-refractivity contribution in [1.82, 2.24) is 15.0 Å². The molecule has 3 aliphatic rings. The molecule has 0 bridgehead atoms. The van der Waals surface area contributed by atoms with Gasteiger partial charge in [0, 0.05) is 28.5 Å². The summed E-state index contributed by atoms with van der Waals surface area (Å²) < 4.78 is 0. The van der Waals surface area contributed by atoms with Crippen LogP contribution in [0.15, 0.2) is 167 Å². The fraction of sp³-hybridized carbons (Fsp3) is 0.0889. The number of benzene rings is 5. The highest BCUT2D eigenvalue weighted by Crippen LogP contribution is 2.64. The van der Waals surface area contributed by atoms with Crippen LogP contribution in [0.5, 0.6) is 0 Å². The largest absolute Gasteiger partial charge is 0.226 e. The summed E-state index contributed by atoms with van der Waals surface area (Å²) in [6.45, 7) is 6.34. The summed E-state index contributed by atoms with van der Waals surface area (Å²) in [5.74, 6) is 0.978. The molecule has 0 radical (unpaired) electrons. The number of hydrogen-bond donors (Lipinski definition) is 0. The molecule has 1 heterocycles. The molecule has 5 aromatic carbocycles. The number of allylic oxidation sites excluding steroid dienone is 4. The molecule has 1 aromatic heterocycles. The predicted octanol–water partition coefficient (Wildman–Crippen LogP) is 11.1. The first-order valence-electron chi connectivity index (χ1n) is 17.2. The first-order valence-corrected chi connectivity index (χ1v) is 17.9. The van der Waals surface area contributed by atoms with Gasteiger partial charge in [-0.2, -0.15) is 9.97 Å². The van der Waals surface area contributed by atoms with Crippen molar-refractivity contribution in [1.29, 1.82) is 0 Å². The van der Waals surface area contributed by atoms with Crippen LogP contribution in [-0.2, 0) is 5.41 Å². The Labute approximate surface area is 312 Å². The summed E-state index contributed by atoms with van der Waals surface area (Å²) in [7, 11) is 0. The first kappa shape index (κ1) is 32.2. The van der Waals surface area contributed by atoms with Crippen LogP contribution in [-0.4, -0.2) is 26.0 Å². The Morgan fingerprint density at radius 3 is 2.06 bits per heavy atom. The SMILES string of the molecule is C=C(N=C(Cl)N=C(C)c1ccccc1)C1C=CC2=C(C1)C1(c3ccccc32)c2ccccc2-c2ccc(-c3nc(Cl)nc(-c4ccccc4)n3)cc21. The highest BCUT2D eigenvalue weighted by molar-refractivity contribution is 6.65. The van der Waals surface area contributed by atoms with Gasteiger partial charge in [-0.1, -0.05) is 140 Å². The van der Waals surface area contributed by atoms with Crippen molar-refractivity contribution in [3.63, 3.8) is 0 Å². The molecule has 0 aliphatic heterocycles. The van der Waals surface area contributed by atoms with Gasteiger partial charge in [0.15, 0.2) is 11.6 Å². The van der Waals surface area contributed by atoms with Crippen LogP contribution >= 0.6 is 23.2 Å². The van der Waals surface area contributed by atoms with Crippen LogP contribution < -0.4 is 0 Å². The van der Waals surface area contributed by atoms with Crippen LogP contribution in [0.2, 0.25) is 5.28 Å². The zero-order valence-corrected chi connectivity index (χ0v) is 29.8. The maximum atomic E-state index is 6.66. The lowest BCUT2D eigenvalue weighted by Crippen LogP contribution is -2.29. The Balaban J connectivity index is 1.17. The fourth-order valence-corrected chi connectivity index (χ4v) is 8.49. The van der Waals surface area contributed by atoms with Crippen LogP contribution in [0.4, 0.5) is 0 Å². The van der Waals surface area contributed by atoms with Crippen LogP contribution in [0.3, 0.4) is 0 Å². The van der Waals surface area contributed by atoms with Crippen molar-refractivity contribution in [2.45, 2.75) is 18.8 Å². The lowest BCUT2D eigenvalue weighted by molar-refractivity contribution is 0.644.